The fourth-order valence-electron chi connectivity index (χ4n) is 2.68. The fraction of sp³-hybridized carbons (Fsp3) is 0.286. The Bertz CT molecular complexity index is 770. The SMILES string of the molecule is O=c1[nH]c(-c2cc(Cl)c3c(c2)OCO3)nc2c1CCC2. The van der Waals surface area contributed by atoms with Crippen molar-refractivity contribution < 1.29 is 9.47 Å². The summed E-state index contributed by atoms with van der Waals surface area (Å²) in [4.78, 5) is 19.4. The van der Waals surface area contributed by atoms with Gasteiger partial charge < -0.3 is 14.5 Å². The molecule has 1 N–H and O–H groups in total. The van der Waals surface area contributed by atoms with Crippen LogP contribution in [0, 0.1) is 0 Å². The molecule has 0 atom stereocenters. The van der Waals surface area contributed by atoms with Crippen LogP contribution in [0.25, 0.3) is 11.4 Å². The van der Waals surface area contributed by atoms with E-state index in [2.05, 4.69) is 9.97 Å². The number of H-pyrrole nitrogens is 1. The number of benzene rings is 1. The Morgan fingerprint density at radius 2 is 2.15 bits per heavy atom. The first kappa shape index (κ1) is 11.8. The Morgan fingerprint density at radius 1 is 1.25 bits per heavy atom. The minimum absolute atomic E-state index is 0.0590. The molecule has 1 aromatic heterocycles. The number of fused-ring (bicyclic) bond motifs is 2. The summed E-state index contributed by atoms with van der Waals surface area (Å²) in [5, 5.41) is 0.457. The van der Waals surface area contributed by atoms with Gasteiger partial charge in [-0.3, -0.25) is 4.79 Å². The summed E-state index contributed by atoms with van der Waals surface area (Å²) in [6.45, 7) is 0.159. The lowest BCUT2D eigenvalue weighted by Gasteiger charge is -2.06. The zero-order chi connectivity index (χ0) is 13.7. The molecule has 0 spiro atoms. The predicted molar refractivity (Wildman–Crippen MR) is 73.5 cm³/mol. The van der Waals surface area contributed by atoms with E-state index in [1.54, 1.807) is 12.1 Å². The van der Waals surface area contributed by atoms with Crippen molar-refractivity contribution in [2.24, 2.45) is 0 Å². The summed E-state index contributed by atoms with van der Waals surface area (Å²) < 4.78 is 10.6. The van der Waals surface area contributed by atoms with Crippen LogP contribution in [0.3, 0.4) is 0 Å². The molecule has 1 aliphatic heterocycles. The predicted octanol–water partition coefficient (Wildman–Crippen LogP) is 2.31. The summed E-state index contributed by atoms with van der Waals surface area (Å²) in [5.74, 6) is 1.64. The van der Waals surface area contributed by atoms with Crippen molar-refractivity contribution >= 4 is 11.6 Å². The highest BCUT2D eigenvalue weighted by molar-refractivity contribution is 6.32. The van der Waals surface area contributed by atoms with Crippen LogP contribution in [0.15, 0.2) is 16.9 Å². The van der Waals surface area contributed by atoms with Gasteiger partial charge in [-0.1, -0.05) is 11.6 Å². The van der Waals surface area contributed by atoms with E-state index in [0.29, 0.717) is 22.3 Å². The number of nitrogens with one attached hydrogen (secondary N) is 1. The van der Waals surface area contributed by atoms with E-state index >= 15 is 0 Å². The molecule has 5 nitrogen and oxygen atoms in total. The third kappa shape index (κ3) is 1.70. The number of rotatable bonds is 1. The van der Waals surface area contributed by atoms with Crippen LogP contribution in [0.4, 0.5) is 0 Å². The van der Waals surface area contributed by atoms with Gasteiger partial charge >= 0.3 is 0 Å². The van der Waals surface area contributed by atoms with Crippen molar-refractivity contribution in [3.05, 3.63) is 38.8 Å². The largest absolute Gasteiger partial charge is 0.454 e. The highest BCUT2D eigenvalue weighted by Gasteiger charge is 2.21. The number of aromatic nitrogens is 2. The monoisotopic (exact) mass is 290 g/mol. The van der Waals surface area contributed by atoms with Gasteiger partial charge in [0.05, 0.1) is 10.7 Å². The molecule has 2 heterocycles. The molecule has 4 rings (SSSR count). The average molecular weight is 291 g/mol. The smallest absolute Gasteiger partial charge is 0.254 e. The van der Waals surface area contributed by atoms with Gasteiger partial charge in [-0.2, -0.15) is 0 Å². The summed E-state index contributed by atoms with van der Waals surface area (Å²) >= 11 is 6.16. The number of halogens is 1. The molecule has 0 amide bonds. The molecule has 0 fully saturated rings. The summed E-state index contributed by atoms with van der Waals surface area (Å²) in [7, 11) is 0. The Labute approximate surface area is 119 Å². The number of nitrogens with zero attached hydrogens (tertiary/aromatic N) is 1. The minimum atomic E-state index is -0.0590. The molecule has 102 valence electrons. The van der Waals surface area contributed by atoms with E-state index in [9.17, 15) is 4.79 Å². The van der Waals surface area contributed by atoms with E-state index in [1.807, 2.05) is 0 Å². The van der Waals surface area contributed by atoms with Crippen LogP contribution in [0.2, 0.25) is 5.02 Å². The molecular weight excluding hydrogens is 280 g/mol. The van der Waals surface area contributed by atoms with Crippen molar-refractivity contribution in [3.63, 3.8) is 0 Å². The number of aryl methyl sites for hydroxylation is 1. The maximum atomic E-state index is 12.0. The molecule has 0 radical (unpaired) electrons. The Kier molecular flexibility index (Phi) is 2.50. The molecule has 2 aliphatic rings. The van der Waals surface area contributed by atoms with Crippen molar-refractivity contribution in [2.45, 2.75) is 19.3 Å². The minimum Gasteiger partial charge on any atom is -0.454 e. The molecule has 0 bridgehead atoms. The third-order valence-corrected chi connectivity index (χ3v) is 3.92. The first-order valence-electron chi connectivity index (χ1n) is 6.44. The normalized spacial score (nSPS) is 15.4. The number of hydrogen-bond donors (Lipinski definition) is 1. The van der Waals surface area contributed by atoms with Gasteiger partial charge in [-0.25, -0.2) is 4.98 Å². The van der Waals surface area contributed by atoms with Crippen LogP contribution in [-0.2, 0) is 12.8 Å². The van der Waals surface area contributed by atoms with Gasteiger partial charge in [-0.05, 0) is 31.4 Å². The van der Waals surface area contributed by atoms with E-state index in [1.165, 1.54) is 0 Å². The van der Waals surface area contributed by atoms with E-state index < -0.39 is 0 Å². The summed E-state index contributed by atoms with van der Waals surface area (Å²) in [6, 6.07) is 3.52. The highest BCUT2D eigenvalue weighted by atomic mass is 35.5. The second-order valence-electron chi connectivity index (χ2n) is 4.89. The molecule has 0 unspecified atom stereocenters. The molecule has 2 aromatic rings. The highest BCUT2D eigenvalue weighted by Crippen LogP contribution is 2.41. The number of ether oxygens (including phenoxy) is 2. The van der Waals surface area contributed by atoms with Gasteiger partial charge in [0.2, 0.25) is 6.79 Å². The first-order valence-corrected chi connectivity index (χ1v) is 6.82. The zero-order valence-corrected chi connectivity index (χ0v) is 11.3. The van der Waals surface area contributed by atoms with E-state index in [-0.39, 0.29) is 12.4 Å². The quantitative estimate of drug-likeness (QED) is 0.875. The standard InChI is InChI=1S/C14H11ClN2O3/c15-9-4-7(5-11-12(9)20-6-19-11)13-16-10-3-1-2-8(10)14(18)17-13/h4-5H,1-3,6H2,(H,16,17,18). The van der Waals surface area contributed by atoms with Crippen LogP contribution in [0.5, 0.6) is 11.5 Å². The van der Waals surface area contributed by atoms with Gasteiger partial charge in [0, 0.05) is 11.1 Å². The van der Waals surface area contributed by atoms with Crippen molar-refractivity contribution in [1.29, 1.82) is 0 Å². The lowest BCUT2D eigenvalue weighted by Crippen LogP contribution is -2.15. The van der Waals surface area contributed by atoms with Crippen molar-refractivity contribution in [1.82, 2.24) is 9.97 Å². The molecule has 6 heteroatoms. The van der Waals surface area contributed by atoms with Crippen molar-refractivity contribution in [2.75, 3.05) is 6.79 Å². The van der Waals surface area contributed by atoms with Crippen LogP contribution in [0.1, 0.15) is 17.7 Å². The van der Waals surface area contributed by atoms with Gasteiger partial charge in [-0.15, -0.1) is 0 Å². The molecule has 0 saturated carbocycles. The maximum absolute atomic E-state index is 12.0. The first-order chi connectivity index (χ1) is 9.72. The van der Waals surface area contributed by atoms with Crippen molar-refractivity contribution in [3.8, 4) is 22.9 Å². The summed E-state index contributed by atoms with van der Waals surface area (Å²) in [6.07, 6.45) is 2.64. The van der Waals surface area contributed by atoms with Crippen LogP contribution < -0.4 is 15.0 Å². The molecular formula is C14H11ClN2O3. The second-order valence-corrected chi connectivity index (χ2v) is 5.29. The van der Waals surface area contributed by atoms with Crippen LogP contribution in [-0.4, -0.2) is 16.8 Å². The lowest BCUT2D eigenvalue weighted by molar-refractivity contribution is 0.174. The van der Waals surface area contributed by atoms with Gasteiger partial charge in [0.1, 0.15) is 5.82 Å². The van der Waals surface area contributed by atoms with E-state index in [4.69, 9.17) is 21.1 Å². The zero-order valence-electron chi connectivity index (χ0n) is 10.5. The maximum Gasteiger partial charge on any atom is 0.254 e. The van der Waals surface area contributed by atoms with Gasteiger partial charge in [0.15, 0.2) is 11.5 Å². The molecule has 1 aromatic carbocycles. The van der Waals surface area contributed by atoms with E-state index in [0.717, 1.165) is 36.1 Å². The fourth-order valence-corrected chi connectivity index (χ4v) is 2.95. The summed E-state index contributed by atoms with van der Waals surface area (Å²) in [5.41, 5.74) is 2.36. The second kappa shape index (κ2) is 4.24. The third-order valence-electron chi connectivity index (χ3n) is 3.64. The Balaban J connectivity index is 1.88. The Morgan fingerprint density at radius 3 is 3.05 bits per heavy atom. The molecule has 0 saturated heterocycles. The van der Waals surface area contributed by atoms with Crippen LogP contribution >= 0.6 is 11.6 Å². The molecule has 20 heavy (non-hydrogen) atoms. The molecule has 1 aliphatic carbocycles. The average Bonchev–Trinajstić information content (AvgIpc) is 3.06. The Hall–Kier alpha value is -2.01. The number of aromatic amines is 1. The topological polar surface area (TPSA) is 64.2 Å². The number of hydrogen-bond acceptors (Lipinski definition) is 4. The lowest BCUT2D eigenvalue weighted by atomic mass is 10.1. The van der Waals surface area contributed by atoms with Gasteiger partial charge in [0.25, 0.3) is 5.56 Å².